The van der Waals surface area contributed by atoms with E-state index in [0.717, 1.165) is 23.2 Å². The van der Waals surface area contributed by atoms with Crippen LogP contribution in [-0.4, -0.2) is 50.6 Å². The molecule has 0 unspecified atom stereocenters. The fraction of sp³-hybridized carbons (Fsp3) is 0.417. The lowest BCUT2D eigenvalue weighted by molar-refractivity contribution is -0.119. The number of amides is 2. The maximum Gasteiger partial charge on any atom is 0.254 e. The van der Waals surface area contributed by atoms with E-state index in [1.165, 1.54) is 7.11 Å². The lowest BCUT2D eigenvalue weighted by Gasteiger charge is -2.31. The van der Waals surface area contributed by atoms with Crippen molar-refractivity contribution < 1.29 is 14.3 Å². The Morgan fingerprint density at radius 3 is 2.47 bits per heavy atom. The summed E-state index contributed by atoms with van der Waals surface area (Å²) >= 11 is 0. The molecule has 0 heterocycles. The van der Waals surface area contributed by atoms with Crippen LogP contribution < -0.4 is 10.2 Å². The molecule has 0 bridgehead atoms. The van der Waals surface area contributed by atoms with Crippen LogP contribution in [0, 0.1) is 6.92 Å². The van der Waals surface area contributed by atoms with Crippen LogP contribution >= 0.6 is 0 Å². The van der Waals surface area contributed by atoms with Gasteiger partial charge in [0, 0.05) is 50.7 Å². The molecular formula is C24H33N3O3. The van der Waals surface area contributed by atoms with Crippen LogP contribution in [0.5, 0.6) is 0 Å². The van der Waals surface area contributed by atoms with Gasteiger partial charge in [-0.2, -0.15) is 0 Å². The van der Waals surface area contributed by atoms with Crippen LogP contribution in [0.4, 0.5) is 11.4 Å². The van der Waals surface area contributed by atoms with E-state index in [9.17, 15) is 9.59 Å². The molecule has 6 heteroatoms. The predicted molar refractivity (Wildman–Crippen MR) is 122 cm³/mol. The monoisotopic (exact) mass is 411 g/mol. The van der Waals surface area contributed by atoms with Crippen molar-refractivity contribution >= 4 is 23.2 Å². The molecule has 1 N–H and O–H groups in total. The number of benzene rings is 2. The Kier molecular flexibility index (Phi) is 8.42. The van der Waals surface area contributed by atoms with E-state index >= 15 is 0 Å². The van der Waals surface area contributed by atoms with Crippen LogP contribution in [0.25, 0.3) is 0 Å². The minimum absolute atomic E-state index is 0.00436. The number of carbonyl (C=O) groups excluding carboxylic acids is 2. The first kappa shape index (κ1) is 23.4. The molecule has 0 aliphatic rings. The van der Waals surface area contributed by atoms with Gasteiger partial charge in [-0.05, 0) is 56.2 Å². The second-order valence-corrected chi connectivity index (χ2v) is 7.78. The van der Waals surface area contributed by atoms with Crippen LogP contribution in [0.15, 0.2) is 42.5 Å². The minimum Gasteiger partial charge on any atom is -0.377 e. The van der Waals surface area contributed by atoms with E-state index in [4.69, 9.17) is 4.74 Å². The minimum atomic E-state index is -0.212. The highest BCUT2D eigenvalue weighted by Gasteiger charge is 2.22. The van der Waals surface area contributed by atoms with Gasteiger partial charge >= 0.3 is 0 Å². The van der Waals surface area contributed by atoms with E-state index in [1.54, 1.807) is 0 Å². The number of carbonyl (C=O) groups is 2. The maximum atomic E-state index is 13.4. The first-order chi connectivity index (χ1) is 14.3. The molecule has 6 nitrogen and oxygen atoms in total. The lowest BCUT2D eigenvalue weighted by atomic mass is 10.1. The molecule has 30 heavy (non-hydrogen) atoms. The smallest absolute Gasteiger partial charge is 0.254 e. The molecule has 2 aromatic rings. The standard InChI is InChI=1S/C24H33N3O3/c1-7-18(3)27(24(29)19-10-8-9-17(2)13-19)15-20-14-21(25-23(28)16-30-6)11-12-22(20)26(4)5/h8-14,18H,7,15-16H2,1-6H3,(H,25,28)/t18-/m0/s1. The number of aryl methyl sites for hydroxylation is 1. The molecule has 0 aliphatic heterocycles. The van der Waals surface area contributed by atoms with Crippen molar-refractivity contribution in [2.24, 2.45) is 0 Å². The van der Waals surface area contributed by atoms with Crippen molar-refractivity contribution in [3.8, 4) is 0 Å². The summed E-state index contributed by atoms with van der Waals surface area (Å²) in [4.78, 5) is 29.2. The number of nitrogens with one attached hydrogen (secondary N) is 1. The van der Waals surface area contributed by atoms with E-state index in [1.807, 2.05) is 73.3 Å². The fourth-order valence-corrected chi connectivity index (χ4v) is 3.33. The quantitative estimate of drug-likeness (QED) is 0.675. The SMILES string of the molecule is CC[C@H](C)N(Cc1cc(NC(=O)COC)ccc1N(C)C)C(=O)c1cccc(C)c1. The van der Waals surface area contributed by atoms with E-state index in [-0.39, 0.29) is 24.5 Å². The Balaban J connectivity index is 2.39. The van der Waals surface area contributed by atoms with Crippen molar-refractivity contribution in [1.29, 1.82) is 0 Å². The zero-order valence-electron chi connectivity index (χ0n) is 18.9. The maximum absolute atomic E-state index is 13.4. The molecular weight excluding hydrogens is 378 g/mol. The third-order valence-electron chi connectivity index (χ3n) is 5.11. The molecule has 0 radical (unpaired) electrons. The van der Waals surface area contributed by atoms with Gasteiger partial charge in [-0.3, -0.25) is 9.59 Å². The van der Waals surface area contributed by atoms with Crippen LogP contribution in [-0.2, 0) is 16.1 Å². The Labute approximate surface area is 179 Å². The van der Waals surface area contributed by atoms with E-state index in [2.05, 4.69) is 19.2 Å². The van der Waals surface area contributed by atoms with Crippen LogP contribution in [0.3, 0.4) is 0 Å². The molecule has 0 fully saturated rings. The van der Waals surface area contributed by atoms with Crippen molar-refractivity contribution in [2.45, 2.75) is 39.8 Å². The number of anilines is 2. The van der Waals surface area contributed by atoms with Gasteiger partial charge in [-0.1, -0.05) is 24.6 Å². The summed E-state index contributed by atoms with van der Waals surface area (Å²) in [5.41, 5.74) is 4.40. The van der Waals surface area contributed by atoms with Gasteiger partial charge in [0.25, 0.3) is 5.91 Å². The largest absolute Gasteiger partial charge is 0.377 e. The Bertz CT molecular complexity index is 880. The summed E-state index contributed by atoms with van der Waals surface area (Å²) in [5.74, 6) is -0.206. The summed E-state index contributed by atoms with van der Waals surface area (Å²) in [6, 6.07) is 13.5. The number of methoxy groups -OCH3 is 1. The predicted octanol–water partition coefficient (Wildman–Crippen LogP) is 4.09. The number of ether oxygens (including phenoxy) is 1. The molecule has 1 atom stereocenters. The molecule has 0 saturated carbocycles. The second kappa shape index (κ2) is 10.8. The third kappa shape index (κ3) is 6.07. The van der Waals surface area contributed by atoms with E-state index < -0.39 is 0 Å². The van der Waals surface area contributed by atoms with Gasteiger partial charge in [0.05, 0.1) is 0 Å². The Morgan fingerprint density at radius 1 is 1.13 bits per heavy atom. The number of rotatable bonds is 9. The molecule has 162 valence electrons. The summed E-state index contributed by atoms with van der Waals surface area (Å²) in [6.07, 6.45) is 0.846. The highest BCUT2D eigenvalue weighted by molar-refractivity contribution is 5.95. The Hall–Kier alpha value is -2.86. The highest BCUT2D eigenvalue weighted by Crippen LogP contribution is 2.26. The summed E-state index contributed by atoms with van der Waals surface area (Å²) in [5, 5.41) is 2.85. The summed E-state index contributed by atoms with van der Waals surface area (Å²) in [7, 11) is 5.43. The molecule has 0 aliphatic carbocycles. The summed E-state index contributed by atoms with van der Waals surface area (Å²) < 4.78 is 4.90. The first-order valence-corrected chi connectivity index (χ1v) is 10.2. The average Bonchev–Trinajstić information content (AvgIpc) is 2.71. The van der Waals surface area contributed by atoms with Gasteiger partial charge in [0.1, 0.15) is 6.61 Å². The third-order valence-corrected chi connectivity index (χ3v) is 5.11. The van der Waals surface area contributed by atoms with Crippen LogP contribution in [0.2, 0.25) is 0 Å². The topological polar surface area (TPSA) is 61.9 Å². The normalized spacial score (nSPS) is 11.7. The van der Waals surface area contributed by atoms with Crippen molar-refractivity contribution in [1.82, 2.24) is 4.90 Å². The molecule has 2 amide bonds. The Morgan fingerprint density at radius 2 is 1.87 bits per heavy atom. The molecule has 2 rings (SSSR count). The molecule has 0 aromatic heterocycles. The van der Waals surface area contributed by atoms with Gasteiger partial charge in [-0.15, -0.1) is 0 Å². The van der Waals surface area contributed by atoms with Crippen molar-refractivity contribution in [3.05, 3.63) is 59.2 Å². The average molecular weight is 412 g/mol. The second-order valence-electron chi connectivity index (χ2n) is 7.78. The molecule has 0 spiro atoms. The zero-order valence-corrected chi connectivity index (χ0v) is 18.9. The van der Waals surface area contributed by atoms with Gasteiger partial charge in [0.2, 0.25) is 5.91 Å². The van der Waals surface area contributed by atoms with Gasteiger partial charge in [0.15, 0.2) is 0 Å². The van der Waals surface area contributed by atoms with Crippen LogP contribution in [0.1, 0.15) is 41.8 Å². The van der Waals surface area contributed by atoms with Crippen molar-refractivity contribution in [2.75, 3.05) is 38.0 Å². The summed E-state index contributed by atoms with van der Waals surface area (Å²) in [6.45, 7) is 6.57. The van der Waals surface area contributed by atoms with Crippen molar-refractivity contribution in [3.63, 3.8) is 0 Å². The first-order valence-electron chi connectivity index (χ1n) is 10.2. The fourth-order valence-electron chi connectivity index (χ4n) is 3.33. The number of hydrogen-bond acceptors (Lipinski definition) is 4. The number of hydrogen-bond donors (Lipinski definition) is 1. The van der Waals surface area contributed by atoms with Gasteiger partial charge < -0.3 is 19.9 Å². The highest BCUT2D eigenvalue weighted by atomic mass is 16.5. The lowest BCUT2D eigenvalue weighted by Crippen LogP contribution is -2.38. The molecule has 2 aromatic carbocycles. The van der Waals surface area contributed by atoms with Gasteiger partial charge in [-0.25, -0.2) is 0 Å². The number of nitrogens with zero attached hydrogens (tertiary/aromatic N) is 2. The van der Waals surface area contributed by atoms with E-state index in [0.29, 0.717) is 17.8 Å². The zero-order chi connectivity index (χ0) is 22.3. The molecule has 0 saturated heterocycles.